The first-order chi connectivity index (χ1) is 13.1. The monoisotopic (exact) mass is 365 g/mol. The van der Waals surface area contributed by atoms with Crippen molar-refractivity contribution >= 4 is 16.7 Å². The highest BCUT2D eigenvalue weighted by Gasteiger charge is 2.20. The molecule has 2 aromatic carbocycles. The summed E-state index contributed by atoms with van der Waals surface area (Å²) in [5.74, 6) is 1.38. The Labute approximate surface area is 155 Å². The number of hydroxylamine groups is 1. The predicted molar refractivity (Wildman–Crippen MR) is 102 cm³/mol. The summed E-state index contributed by atoms with van der Waals surface area (Å²) in [6.45, 7) is 2.19. The summed E-state index contributed by atoms with van der Waals surface area (Å²) in [6.07, 6.45) is 1.69. The highest BCUT2D eigenvalue weighted by Crippen LogP contribution is 2.28. The van der Waals surface area contributed by atoms with E-state index >= 15 is 0 Å². The Balaban J connectivity index is 1.49. The van der Waals surface area contributed by atoms with Gasteiger partial charge in [-0.1, -0.05) is 12.1 Å². The van der Waals surface area contributed by atoms with Crippen LogP contribution in [0.15, 0.2) is 63.8 Å². The maximum atomic E-state index is 11.6. The van der Waals surface area contributed by atoms with Gasteiger partial charge in [-0.3, -0.25) is 10.3 Å². The number of hydrogen-bond acceptors (Lipinski definition) is 6. The number of aryl methyl sites for hydroxylation is 1. The summed E-state index contributed by atoms with van der Waals surface area (Å²) < 4.78 is 16.4. The van der Waals surface area contributed by atoms with E-state index in [0.717, 1.165) is 28.0 Å². The third-order valence-corrected chi connectivity index (χ3v) is 4.41. The second kappa shape index (κ2) is 7.17. The first kappa shape index (κ1) is 17.2. The Morgan fingerprint density at radius 1 is 1.15 bits per heavy atom. The Bertz CT molecular complexity index is 1070. The lowest BCUT2D eigenvalue weighted by Crippen LogP contribution is -2.19. The standard InChI is InChI=1S/C21H19NO5/c1-13-9-21(23)26-20-11-14(7-8-16(13)20)25-12-15-10-18(22-27-15)17-5-3-4-6-19(17)24-2/h3-11,15,22H,12H2,1-2H3/t15-/m1/s1. The zero-order valence-corrected chi connectivity index (χ0v) is 15.0. The van der Waals surface area contributed by atoms with Crippen LogP contribution in [0.25, 0.3) is 16.7 Å². The van der Waals surface area contributed by atoms with Gasteiger partial charge in [-0.2, -0.15) is 0 Å². The van der Waals surface area contributed by atoms with Crippen LogP contribution in [-0.2, 0) is 4.84 Å². The van der Waals surface area contributed by atoms with E-state index in [1.165, 1.54) is 6.07 Å². The van der Waals surface area contributed by atoms with Crippen LogP contribution in [0.5, 0.6) is 11.5 Å². The molecule has 6 nitrogen and oxygen atoms in total. The minimum atomic E-state index is -0.371. The summed E-state index contributed by atoms with van der Waals surface area (Å²) in [5.41, 5.74) is 5.69. The summed E-state index contributed by atoms with van der Waals surface area (Å²) in [4.78, 5) is 17.1. The lowest BCUT2D eigenvalue weighted by molar-refractivity contribution is 0.0235. The van der Waals surface area contributed by atoms with Crippen molar-refractivity contribution in [1.82, 2.24) is 5.48 Å². The molecule has 1 aliphatic heterocycles. The molecular weight excluding hydrogens is 346 g/mol. The van der Waals surface area contributed by atoms with Gasteiger partial charge in [0.1, 0.15) is 29.8 Å². The maximum Gasteiger partial charge on any atom is 0.336 e. The minimum Gasteiger partial charge on any atom is -0.496 e. The van der Waals surface area contributed by atoms with Crippen molar-refractivity contribution in [1.29, 1.82) is 0 Å². The fraction of sp³-hybridized carbons (Fsp3) is 0.190. The van der Waals surface area contributed by atoms with Gasteiger partial charge in [-0.15, -0.1) is 0 Å². The molecule has 27 heavy (non-hydrogen) atoms. The van der Waals surface area contributed by atoms with E-state index in [4.69, 9.17) is 18.7 Å². The molecule has 6 heteroatoms. The van der Waals surface area contributed by atoms with Crippen LogP contribution in [0.1, 0.15) is 11.1 Å². The molecule has 3 aromatic rings. The van der Waals surface area contributed by atoms with Crippen LogP contribution < -0.4 is 20.6 Å². The molecule has 0 fully saturated rings. The number of rotatable bonds is 5. The van der Waals surface area contributed by atoms with Crippen LogP contribution in [0.2, 0.25) is 0 Å². The van der Waals surface area contributed by atoms with E-state index in [9.17, 15) is 4.79 Å². The molecule has 2 heterocycles. The van der Waals surface area contributed by atoms with Crippen molar-refractivity contribution in [2.45, 2.75) is 13.0 Å². The zero-order valence-electron chi connectivity index (χ0n) is 15.0. The number of nitrogens with one attached hydrogen (secondary N) is 1. The maximum absolute atomic E-state index is 11.6. The molecule has 1 aromatic heterocycles. The van der Waals surface area contributed by atoms with Crippen molar-refractivity contribution < 1.29 is 18.7 Å². The van der Waals surface area contributed by atoms with Crippen LogP contribution in [0, 0.1) is 6.92 Å². The summed E-state index contributed by atoms with van der Waals surface area (Å²) in [7, 11) is 1.63. The van der Waals surface area contributed by atoms with E-state index in [2.05, 4.69) is 5.48 Å². The van der Waals surface area contributed by atoms with E-state index in [1.807, 2.05) is 49.4 Å². The topological polar surface area (TPSA) is 69.9 Å². The quantitative estimate of drug-likeness (QED) is 0.699. The molecule has 0 unspecified atom stereocenters. The molecule has 4 rings (SSSR count). The molecular formula is C21H19NO5. The number of para-hydroxylation sites is 1. The molecule has 0 saturated heterocycles. The van der Waals surface area contributed by atoms with Crippen LogP contribution >= 0.6 is 0 Å². The Morgan fingerprint density at radius 3 is 2.85 bits per heavy atom. The third kappa shape index (κ3) is 3.52. The molecule has 0 spiro atoms. The second-order valence-electron chi connectivity index (χ2n) is 6.26. The van der Waals surface area contributed by atoms with Crippen LogP contribution in [-0.4, -0.2) is 19.8 Å². The van der Waals surface area contributed by atoms with Crippen molar-refractivity contribution in [2.24, 2.45) is 0 Å². The summed E-state index contributed by atoms with van der Waals surface area (Å²) >= 11 is 0. The lowest BCUT2D eigenvalue weighted by Gasteiger charge is -2.11. The van der Waals surface area contributed by atoms with Gasteiger partial charge in [-0.05, 0) is 42.8 Å². The van der Waals surface area contributed by atoms with Gasteiger partial charge in [0.2, 0.25) is 0 Å². The average molecular weight is 365 g/mol. The molecule has 0 amide bonds. The molecule has 138 valence electrons. The molecule has 1 aliphatic rings. The third-order valence-electron chi connectivity index (χ3n) is 4.41. The van der Waals surface area contributed by atoms with Crippen LogP contribution in [0.3, 0.4) is 0 Å². The number of fused-ring (bicyclic) bond motifs is 1. The predicted octanol–water partition coefficient (Wildman–Crippen LogP) is 3.43. The van der Waals surface area contributed by atoms with Crippen molar-refractivity contribution in [2.75, 3.05) is 13.7 Å². The largest absolute Gasteiger partial charge is 0.496 e. The molecule has 0 saturated carbocycles. The van der Waals surface area contributed by atoms with Gasteiger partial charge in [0.05, 0.1) is 12.8 Å². The van der Waals surface area contributed by atoms with Crippen molar-refractivity contribution in [3.05, 3.63) is 76.2 Å². The number of ether oxygens (including phenoxy) is 2. The first-order valence-electron chi connectivity index (χ1n) is 8.58. The molecule has 0 aliphatic carbocycles. The summed E-state index contributed by atoms with van der Waals surface area (Å²) in [6, 6.07) is 14.6. The van der Waals surface area contributed by atoms with Crippen molar-refractivity contribution in [3.63, 3.8) is 0 Å². The fourth-order valence-electron chi connectivity index (χ4n) is 3.06. The highest BCUT2D eigenvalue weighted by molar-refractivity contribution is 5.81. The Hall–Kier alpha value is -3.25. The van der Waals surface area contributed by atoms with Crippen molar-refractivity contribution in [3.8, 4) is 11.5 Å². The van der Waals surface area contributed by atoms with Crippen LogP contribution in [0.4, 0.5) is 0 Å². The second-order valence-corrected chi connectivity index (χ2v) is 6.26. The normalized spacial score (nSPS) is 16.1. The highest BCUT2D eigenvalue weighted by atomic mass is 16.7. The SMILES string of the molecule is COc1ccccc1C1=C[C@H](COc2ccc3c(C)cc(=O)oc3c2)ON1. The number of benzene rings is 2. The van der Waals surface area contributed by atoms with Gasteiger partial charge in [0.15, 0.2) is 0 Å². The fourth-order valence-corrected chi connectivity index (χ4v) is 3.06. The number of hydrogen-bond donors (Lipinski definition) is 1. The van der Waals surface area contributed by atoms with Gasteiger partial charge in [-0.25, -0.2) is 4.79 Å². The van der Waals surface area contributed by atoms with Gasteiger partial charge >= 0.3 is 5.63 Å². The molecule has 0 radical (unpaired) electrons. The smallest absolute Gasteiger partial charge is 0.336 e. The zero-order chi connectivity index (χ0) is 18.8. The van der Waals surface area contributed by atoms with Gasteiger partial charge in [0, 0.05) is 23.1 Å². The average Bonchev–Trinajstić information content (AvgIpc) is 3.14. The van der Waals surface area contributed by atoms with E-state index in [0.29, 0.717) is 17.9 Å². The Kier molecular flexibility index (Phi) is 4.56. The van der Waals surface area contributed by atoms with Gasteiger partial charge < -0.3 is 13.9 Å². The molecule has 1 N–H and O–H groups in total. The Morgan fingerprint density at radius 2 is 2.00 bits per heavy atom. The minimum absolute atomic E-state index is 0.259. The molecule has 1 atom stereocenters. The number of methoxy groups -OCH3 is 1. The van der Waals surface area contributed by atoms with E-state index in [-0.39, 0.29) is 11.7 Å². The van der Waals surface area contributed by atoms with E-state index in [1.54, 1.807) is 13.2 Å². The molecule has 0 bridgehead atoms. The van der Waals surface area contributed by atoms with E-state index < -0.39 is 0 Å². The summed E-state index contributed by atoms with van der Waals surface area (Å²) in [5, 5.41) is 0.888. The lowest BCUT2D eigenvalue weighted by atomic mass is 10.1. The van der Waals surface area contributed by atoms with Gasteiger partial charge in [0.25, 0.3) is 0 Å². The first-order valence-corrected chi connectivity index (χ1v) is 8.58.